The molecule has 1 aliphatic rings. The number of rotatable bonds is 2. The molecule has 1 aliphatic carbocycles. The van der Waals surface area contributed by atoms with Gasteiger partial charge in [-0.25, -0.2) is 4.79 Å². The minimum absolute atomic E-state index is 0.211. The van der Waals surface area contributed by atoms with Gasteiger partial charge in [0.25, 0.3) is 0 Å². The van der Waals surface area contributed by atoms with E-state index in [1.165, 1.54) is 6.07 Å². The van der Waals surface area contributed by atoms with Crippen molar-refractivity contribution in [1.82, 2.24) is 0 Å². The normalized spacial score (nSPS) is 15.8. The molecule has 0 amide bonds. The molecule has 0 unspecified atom stereocenters. The van der Waals surface area contributed by atoms with Crippen LogP contribution in [-0.2, 0) is 10.9 Å². The number of carbonyl (C=O) groups is 1. The second-order valence-corrected chi connectivity index (χ2v) is 4.07. The molecule has 2 rings (SSSR count). The van der Waals surface area contributed by atoms with Crippen LogP contribution in [0.1, 0.15) is 40.2 Å². The van der Waals surface area contributed by atoms with Crippen LogP contribution in [0.3, 0.4) is 0 Å². The average molecular weight is 244 g/mol. The lowest BCUT2D eigenvalue weighted by atomic mass is 10.0. The van der Waals surface area contributed by atoms with Gasteiger partial charge < -0.3 is 4.74 Å². The molecule has 0 aliphatic heterocycles. The van der Waals surface area contributed by atoms with E-state index in [4.69, 9.17) is 0 Å². The van der Waals surface area contributed by atoms with Crippen LogP contribution in [-0.4, -0.2) is 13.1 Å². The van der Waals surface area contributed by atoms with E-state index in [0.29, 0.717) is 5.56 Å². The number of methoxy groups -OCH3 is 1. The van der Waals surface area contributed by atoms with Gasteiger partial charge in [-0.2, -0.15) is 13.2 Å². The van der Waals surface area contributed by atoms with Crippen molar-refractivity contribution >= 4 is 5.97 Å². The molecule has 0 heterocycles. The molecule has 0 N–H and O–H groups in total. The van der Waals surface area contributed by atoms with Gasteiger partial charge in [0.15, 0.2) is 0 Å². The summed E-state index contributed by atoms with van der Waals surface area (Å²) >= 11 is 0. The average Bonchev–Trinajstić information content (AvgIpc) is 3.10. The second kappa shape index (κ2) is 4.05. The fourth-order valence-electron chi connectivity index (χ4n) is 1.75. The van der Waals surface area contributed by atoms with Gasteiger partial charge in [0.1, 0.15) is 0 Å². The van der Waals surface area contributed by atoms with Crippen LogP contribution >= 0.6 is 0 Å². The highest BCUT2D eigenvalue weighted by Gasteiger charge is 2.37. The van der Waals surface area contributed by atoms with Crippen molar-refractivity contribution in [3.63, 3.8) is 0 Å². The standard InChI is InChI=1S/C12H11F3O2/c1-17-11(16)9-5-4-8(7-2-3-7)6-10(9)12(13,14)15/h4-7H,2-3H2,1H3. The number of ether oxygens (including phenoxy) is 1. The number of esters is 1. The van der Waals surface area contributed by atoms with E-state index < -0.39 is 23.3 Å². The third-order valence-electron chi connectivity index (χ3n) is 2.80. The van der Waals surface area contributed by atoms with Gasteiger partial charge in [-0.15, -0.1) is 0 Å². The first kappa shape index (κ1) is 12.0. The third-order valence-corrected chi connectivity index (χ3v) is 2.80. The zero-order chi connectivity index (χ0) is 12.6. The Bertz CT molecular complexity index is 448. The summed E-state index contributed by atoms with van der Waals surface area (Å²) in [5.41, 5.74) is -0.692. The molecule has 0 bridgehead atoms. The first-order chi connectivity index (χ1) is 7.93. The number of carbonyl (C=O) groups excluding carboxylic acids is 1. The van der Waals surface area contributed by atoms with Crippen LogP contribution in [0.2, 0.25) is 0 Å². The molecular formula is C12H11F3O2. The smallest absolute Gasteiger partial charge is 0.417 e. The predicted octanol–water partition coefficient (Wildman–Crippen LogP) is 3.37. The molecule has 1 fully saturated rings. The van der Waals surface area contributed by atoms with E-state index in [2.05, 4.69) is 4.74 Å². The van der Waals surface area contributed by atoms with Gasteiger partial charge in [-0.1, -0.05) is 6.07 Å². The summed E-state index contributed by atoms with van der Waals surface area (Å²) in [7, 11) is 1.07. The monoisotopic (exact) mass is 244 g/mol. The summed E-state index contributed by atoms with van der Waals surface area (Å²) in [6.45, 7) is 0. The second-order valence-electron chi connectivity index (χ2n) is 4.07. The highest BCUT2D eigenvalue weighted by Crippen LogP contribution is 2.42. The van der Waals surface area contributed by atoms with Crippen LogP contribution in [0.25, 0.3) is 0 Å². The van der Waals surface area contributed by atoms with Crippen molar-refractivity contribution in [2.45, 2.75) is 24.9 Å². The molecule has 0 saturated heterocycles. The molecule has 0 aromatic heterocycles. The Morgan fingerprint density at radius 2 is 2.00 bits per heavy atom. The Hall–Kier alpha value is -1.52. The summed E-state index contributed by atoms with van der Waals surface area (Å²) in [5.74, 6) is -0.748. The van der Waals surface area contributed by atoms with Crippen molar-refractivity contribution < 1.29 is 22.7 Å². The molecule has 1 saturated carbocycles. The van der Waals surface area contributed by atoms with E-state index in [0.717, 1.165) is 26.0 Å². The molecule has 0 atom stereocenters. The molecule has 5 heteroatoms. The first-order valence-electron chi connectivity index (χ1n) is 5.23. The number of alkyl halides is 3. The lowest BCUT2D eigenvalue weighted by molar-refractivity contribution is -0.138. The molecule has 0 spiro atoms. The van der Waals surface area contributed by atoms with Crippen molar-refractivity contribution in [1.29, 1.82) is 0 Å². The number of hydrogen-bond donors (Lipinski definition) is 0. The molecule has 1 aromatic rings. The Morgan fingerprint density at radius 1 is 1.35 bits per heavy atom. The summed E-state index contributed by atoms with van der Waals surface area (Å²) in [5, 5.41) is 0. The highest BCUT2D eigenvalue weighted by atomic mass is 19.4. The maximum Gasteiger partial charge on any atom is 0.417 e. The van der Waals surface area contributed by atoms with E-state index in [1.807, 2.05) is 0 Å². The predicted molar refractivity (Wildman–Crippen MR) is 54.8 cm³/mol. The van der Waals surface area contributed by atoms with Crippen LogP contribution in [0.4, 0.5) is 13.2 Å². The minimum atomic E-state index is -4.53. The molecule has 92 valence electrons. The van der Waals surface area contributed by atoms with Crippen LogP contribution in [0.15, 0.2) is 18.2 Å². The van der Waals surface area contributed by atoms with Crippen molar-refractivity contribution in [3.8, 4) is 0 Å². The van der Waals surface area contributed by atoms with Crippen molar-refractivity contribution in [2.75, 3.05) is 7.11 Å². The number of halogens is 3. The molecule has 2 nitrogen and oxygen atoms in total. The van der Waals surface area contributed by atoms with E-state index in [9.17, 15) is 18.0 Å². The minimum Gasteiger partial charge on any atom is -0.465 e. The summed E-state index contributed by atoms with van der Waals surface area (Å²) < 4.78 is 42.8. The number of hydrogen-bond acceptors (Lipinski definition) is 2. The lowest BCUT2D eigenvalue weighted by Crippen LogP contribution is -2.14. The largest absolute Gasteiger partial charge is 0.465 e. The Labute approximate surface area is 96.4 Å². The zero-order valence-electron chi connectivity index (χ0n) is 9.17. The quantitative estimate of drug-likeness (QED) is 0.745. The lowest BCUT2D eigenvalue weighted by Gasteiger charge is -2.12. The Balaban J connectivity index is 2.48. The number of benzene rings is 1. The fourth-order valence-corrected chi connectivity index (χ4v) is 1.75. The van der Waals surface area contributed by atoms with Gasteiger partial charge in [0.2, 0.25) is 0 Å². The first-order valence-corrected chi connectivity index (χ1v) is 5.23. The topological polar surface area (TPSA) is 26.3 Å². The Kier molecular flexibility index (Phi) is 2.85. The van der Waals surface area contributed by atoms with Crippen LogP contribution in [0, 0.1) is 0 Å². The van der Waals surface area contributed by atoms with Gasteiger partial charge >= 0.3 is 12.1 Å². The maximum atomic E-state index is 12.8. The summed E-state index contributed by atoms with van der Waals surface area (Å²) in [6, 6.07) is 3.82. The molecule has 1 aromatic carbocycles. The maximum absolute atomic E-state index is 12.8. The molecule has 17 heavy (non-hydrogen) atoms. The van der Waals surface area contributed by atoms with Gasteiger partial charge in [-0.3, -0.25) is 0 Å². The fraction of sp³-hybridized carbons (Fsp3) is 0.417. The third kappa shape index (κ3) is 2.43. The van der Waals surface area contributed by atoms with E-state index in [1.54, 1.807) is 6.07 Å². The van der Waals surface area contributed by atoms with E-state index >= 15 is 0 Å². The van der Waals surface area contributed by atoms with E-state index in [-0.39, 0.29) is 5.92 Å². The Morgan fingerprint density at radius 3 is 2.47 bits per heavy atom. The summed E-state index contributed by atoms with van der Waals surface area (Å²) in [4.78, 5) is 11.3. The highest BCUT2D eigenvalue weighted by molar-refractivity contribution is 5.91. The molecule has 0 radical (unpaired) electrons. The SMILES string of the molecule is COC(=O)c1ccc(C2CC2)cc1C(F)(F)F. The van der Waals surface area contributed by atoms with Gasteiger partial charge in [0.05, 0.1) is 18.2 Å². The van der Waals surface area contributed by atoms with Gasteiger partial charge in [0, 0.05) is 0 Å². The van der Waals surface area contributed by atoms with Gasteiger partial charge in [-0.05, 0) is 36.5 Å². The van der Waals surface area contributed by atoms with Crippen LogP contribution < -0.4 is 0 Å². The van der Waals surface area contributed by atoms with Crippen molar-refractivity contribution in [2.24, 2.45) is 0 Å². The van der Waals surface area contributed by atoms with Crippen LogP contribution in [0.5, 0.6) is 0 Å². The molecular weight excluding hydrogens is 233 g/mol. The zero-order valence-corrected chi connectivity index (χ0v) is 9.17. The summed E-state index contributed by atoms with van der Waals surface area (Å²) in [6.07, 6.45) is -2.71. The van der Waals surface area contributed by atoms with Crippen molar-refractivity contribution in [3.05, 3.63) is 34.9 Å².